The van der Waals surface area contributed by atoms with Crippen LogP contribution in [0.2, 0.25) is 0 Å². The van der Waals surface area contributed by atoms with Crippen molar-refractivity contribution in [3.63, 3.8) is 0 Å². The third-order valence-electron chi connectivity index (χ3n) is 3.86. The van der Waals surface area contributed by atoms with Crippen LogP contribution in [0.1, 0.15) is 35.2 Å². The minimum absolute atomic E-state index is 0.682. The number of benzene rings is 1. The van der Waals surface area contributed by atoms with Crippen molar-refractivity contribution in [3.05, 3.63) is 40.8 Å². The summed E-state index contributed by atoms with van der Waals surface area (Å²) in [4.78, 5) is 8.67. The number of aryl methyl sites for hydroxylation is 3. The summed E-state index contributed by atoms with van der Waals surface area (Å²) in [5.74, 6) is 1.46. The lowest BCUT2D eigenvalue weighted by atomic mass is 9.97. The second-order valence-corrected chi connectivity index (χ2v) is 5.39. The second kappa shape index (κ2) is 5.12. The van der Waals surface area contributed by atoms with Gasteiger partial charge >= 0.3 is 0 Å². The van der Waals surface area contributed by atoms with Gasteiger partial charge in [-0.05, 0) is 50.7 Å². The van der Waals surface area contributed by atoms with Crippen molar-refractivity contribution in [1.82, 2.24) is 9.97 Å². The van der Waals surface area contributed by atoms with Gasteiger partial charge in [0.1, 0.15) is 12.1 Å². The Morgan fingerprint density at radius 2 is 1.85 bits per heavy atom. The molecule has 0 aliphatic heterocycles. The maximum Gasteiger partial charge on any atom is 0.225 e. The van der Waals surface area contributed by atoms with Crippen molar-refractivity contribution >= 4 is 5.69 Å². The zero-order valence-corrected chi connectivity index (χ0v) is 11.9. The Bertz CT molecular complexity index is 652. The van der Waals surface area contributed by atoms with E-state index in [9.17, 15) is 0 Å². The van der Waals surface area contributed by atoms with Crippen molar-refractivity contribution in [2.75, 3.05) is 5.73 Å². The van der Waals surface area contributed by atoms with Crippen LogP contribution in [0.3, 0.4) is 0 Å². The van der Waals surface area contributed by atoms with Gasteiger partial charge in [0.05, 0.1) is 5.69 Å². The number of fused-ring (bicyclic) bond motifs is 1. The van der Waals surface area contributed by atoms with Gasteiger partial charge in [0.15, 0.2) is 0 Å². The minimum Gasteiger partial charge on any atom is -0.438 e. The van der Waals surface area contributed by atoms with E-state index in [1.807, 2.05) is 26.0 Å². The molecule has 3 rings (SSSR count). The van der Waals surface area contributed by atoms with Crippen molar-refractivity contribution < 1.29 is 4.74 Å². The predicted octanol–water partition coefficient (Wildman–Crippen LogP) is 3.35. The van der Waals surface area contributed by atoms with Crippen LogP contribution < -0.4 is 10.5 Å². The van der Waals surface area contributed by atoms with Gasteiger partial charge in [-0.3, -0.25) is 0 Å². The Hall–Kier alpha value is -2.10. The maximum absolute atomic E-state index is 6.01. The Labute approximate surface area is 119 Å². The van der Waals surface area contributed by atoms with Gasteiger partial charge in [0.25, 0.3) is 0 Å². The zero-order valence-electron chi connectivity index (χ0n) is 11.9. The number of rotatable bonds is 2. The first-order valence-corrected chi connectivity index (χ1v) is 7.02. The number of hydrogen-bond donors (Lipinski definition) is 1. The van der Waals surface area contributed by atoms with E-state index >= 15 is 0 Å². The fourth-order valence-electron chi connectivity index (χ4n) is 2.64. The monoisotopic (exact) mass is 269 g/mol. The lowest BCUT2D eigenvalue weighted by Crippen LogP contribution is -2.08. The van der Waals surface area contributed by atoms with Crippen LogP contribution in [0, 0.1) is 13.8 Å². The molecule has 1 aliphatic rings. The van der Waals surface area contributed by atoms with E-state index in [0.29, 0.717) is 5.88 Å². The molecule has 0 saturated heterocycles. The first-order chi connectivity index (χ1) is 9.65. The summed E-state index contributed by atoms with van der Waals surface area (Å²) in [6.45, 7) is 4.02. The molecule has 0 radical (unpaired) electrons. The third kappa shape index (κ3) is 2.33. The van der Waals surface area contributed by atoms with Crippen molar-refractivity contribution in [3.8, 4) is 11.6 Å². The van der Waals surface area contributed by atoms with Gasteiger partial charge in [-0.1, -0.05) is 6.07 Å². The van der Waals surface area contributed by atoms with Crippen LogP contribution in [-0.2, 0) is 12.8 Å². The molecular formula is C16H19N3O. The zero-order chi connectivity index (χ0) is 14.1. The van der Waals surface area contributed by atoms with Gasteiger partial charge in [0, 0.05) is 17.3 Å². The molecule has 0 unspecified atom stereocenters. The van der Waals surface area contributed by atoms with Gasteiger partial charge in [0.2, 0.25) is 5.88 Å². The average Bonchev–Trinajstić information content (AvgIpc) is 2.45. The number of nitrogen functional groups attached to an aromatic ring is 1. The standard InChI is InChI=1S/C16H19N3O/c1-10-7-11(2)15(8-13(10)17)20-16-12-5-3-4-6-14(12)18-9-19-16/h7-9H,3-6,17H2,1-2H3. The van der Waals surface area contributed by atoms with Crippen LogP contribution in [0.15, 0.2) is 18.5 Å². The van der Waals surface area contributed by atoms with Crippen LogP contribution in [-0.4, -0.2) is 9.97 Å². The first kappa shape index (κ1) is 12.9. The summed E-state index contributed by atoms with van der Waals surface area (Å²) in [7, 11) is 0. The third-order valence-corrected chi connectivity index (χ3v) is 3.86. The Kier molecular flexibility index (Phi) is 3.30. The Morgan fingerprint density at radius 3 is 2.70 bits per heavy atom. The molecule has 0 fully saturated rings. The van der Waals surface area contributed by atoms with E-state index in [2.05, 4.69) is 9.97 Å². The molecule has 0 spiro atoms. The summed E-state index contributed by atoms with van der Waals surface area (Å²) in [6.07, 6.45) is 5.97. The Morgan fingerprint density at radius 1 is 1.05 bits per heavy atom. The predicted molar refractivity (Wildman–Crippen MR) is 79.1 cm³/mol. The van der Waals surface area contributed by atoms with Crippen molar-refractivity contribution in [2.24, 2.45) is 0 Å². The molecule has 1 aliphatic carbocycles. The summed E-state index contributed by atoms with van der Waals surface area (Å²) < 4.78 is 6.01. The topological polar surface area (TPSA) is 61.0 Å². The van der Waals surface area contributed by atoms with Gasteiger partial charge in [-0.15, -0.1) is 0 Å². The smallest absolute Gasteiger partial charge is 0.225 e. The molecule has 1 aromatic heterocycles. The second-order valence-electron chi connectivity index (χ2n) is 5.39. The summed E-state index contributed by atoms with van der Waals surface area (Å²) in [6, 6.07) is 3.92. The first-order valence-electron chi connectivity index (χ1n) is 7.02. The molecule has 1 aromatic carbocycles. The highest BCUT2D eigenvalue weighted by atomic mass is 16.5. The number of anilines is 1. The van der Waals surface area contributed by atoms with Crippen molar-refractivity contribution in [2.45, 2.75) is 39.5 Å². The van der Waals surface area contributed by atoms with Crippen LogP contribution in [0.5, 0.6) is 11.6 Å². The summed E-state index contributed by atoms with van der Waals surface area (Å²) >= 11 is 0. The van der Waals surface area contributed by atoms with Crippen LogP contribution >= 0.6 is 0 Å². The molecule has 4 nitrogen and oxygen atoms in total. The highest BCUT2D eigenvalue weighted by molar-refractivity contribution is 5.55. The van der Waals surface area contributed by atoms with E-state index in [1.54, 1.807) is 6.33 Å². The highest BCUT2D eigenvalue weighted by Gasteiger charge is 2.17. The molecule has 104 valence electrons. The summed E-state index contributed by atoms with van der Waals surface area (Å²) in [5, 5.41) is 0. The number of ether oxygens (including phenoxy) is 1. The van der Waals surface area contributed by atoms with Crippen LogP contribution in [0.4, 0.5) is 5.69 Å². The molecule has 0 bridgehead atoms. The highest BCUT2D eigenvalue weighted by Crippen LogP contribution is 2.32. The molecule has 0 amide bonds. The van der Waals surface area contributed by atoms with E-state index in [0.717, 1.165) is 46.7 Å². The van der Waals surface area contributed by atoms with E-state index in [-0.39, 0.29) is 0 Å². The molecular weight excluding hydrogens is 250 g/mol. The van der Waals surface area contributed by atoms with E-state index in [4.69, 9.17) is 10.5 Å². The molecule has 0 saturated carbocycles. The number of nitrogens with zero attached hydrogens (tertiary/aromatic N) is 2. The fourth-order valence-corrected chi connectivity index (χ4v) is 2.64. The molecule has 1 heterocycles. The normalized spacial score (nSPS) is 13.9. The number of aromatic nitrogens is 2. The number of hydrogen-bond acceptors (Lipinski definition) is 4. The van der Waals surface area contributed by atoms with Gasteiger partial charge < -0.3 is 10.5 Å². The molecule has 4 heteroatoms. The molecule has 20 heavy (non-hydrogen) atoms. The summed E-state index contributed by atoms with van der Waals surface area (Å²) in [5.41, 5.74) is 11.1. The quantitative estimate of drug-likeness (QED) is 0.849. The van der Waals surface area contributed by atoms with Crippen LogP contribution in [0.25, 0.3) is 0 Å². The van der Waals surface area contributed by atoms with E-state index in [1.165, 1.54) is 12.8 Å². The lowest BCUT2D eigenvalue weighted by Gasteiger charge is -2.18. The number of nitrogens with two attached hydrogens (primary N) is 1. The minimum atomic E-state index is 0.682. The molecule has 0 atom stereocenters. The molecule has 2 aromatic rings. The van der Waals surface area contributed by atoms with E-state index < -0.39 is 0 Å². The van der Waals surface area contributed by atoms with Gasteiger partial charge in [-0.2, -0.15) is 0 Å². The molecule has 2 N–H and O–H groups in total. The average molecular weight is 269 g/mol. The Balaban J connectivity index is 1.98. The lowest BCUT2D eigenvalue weighted by molar-refractivity contribution is 0.444. The fraction of sp³-hybridized carbons (Fsp3) is 0.375. The SMILES string of the molecule is Cc1cc(C)c(Oc2ncnc3c2CCCC3)cc1N. The van der Waals surface area contributed by atoms with Crippen molar-refractivity contribution in [1.29, 1.82) is 0 Å². The maximum atomic E-state index is 6.01. The van der Waals surface area contributed by atoms with Gasteiger partial charge in [-0.25, -0.2) is 9.97 Å². The largest absolute Gasteiger partial charge is 0.438 e.